The minimum absolute atomic E-state index is 0.0466. The molecule has 0 aliphatic heterocycles. The molecule has 4 nitrogen and oxygen atoms in total. The first-order valence-corrected chi connectivity index (χ1v) is 6.41. The zero-order chi connectivity index (χ0) is 14.5. The molecule has 7 heteroatoms. The molecule has 0 heterocycles. The van der Waals surface area contributed by atoms with E-state index in [0.29, 0.717) is 0 Å². The minimum atomic E-state index is -0.784. The van der Waals surface area contributed by atoms with Crippen molar-refractivity contribution in [3.63, 3.8) is 0 Å². The lowest BCUT2D eigenvalue weighted by molar-refractivity contribution is 0.580. The normalized spacial score (nSPS) is 11.3. The van der Waals surface area contributed by atoms with E-state index in [1.54, 1.807) is 12.1 Å². The van der Waals surface area contributed by atoms with Crippen molar-refractivity contribution in [1.29, 1.82) is 0 Å². The Labute approximate surface area is 122 Å². The highest BCUT2D eigenvalue weighted by Gasteiger charge is 2.08. The van der Waals surface area contributed by atoms with Gasteiger partial charge in [-0.15, -0.1) is 0 Å². The number of guanidine groups is 1. The van der Waals surface area contributed by atoms with Gasteiger partial charge in [-0.25, -0.2) is 19.6 Å². The highest BCUT2D eigenvalue weighted by molar-refractivity contribution is 9.10. The maximum absolute atomic E-state index is 13.6. The molecule has 0 bridgehead atoms. The summed E-state index contributed by atoms with van der Waals surface area (Å²) >= 11 is 2.98. The molecule has 20 heavy (non-hydrogen) atoms. The second kappa shape index (κ2) is 6.44. The average molecular weight is 341 g/mol. The van der Waals surface area contributed by atoms with E-state index in [1.165, 1.54) is 6.07 Å². The molecule has 0 aliphatic carbocycles. The van der Waals surface area contributed by atoms with Crippen LogP contribution >= 0.6 is 15.9 Å². The number of nitrogens with zero attached hydrogens (tertiary/aromatic N) is 1. The lowest BCUT2D eigenvalue weighted by Crippen LogP contribution is -2.36. The van der Waals surface area contributed by atoms with Crippen LogP contribution in [0.15, 0.2) is 51.9 Å². The third kappa shape index (κ3) is 3.52. The van der Waals surface area contributed by atoms with Crippen LogP contribution in [0.1, 0.15) is 0 Å². The smallest absolute Gasteiger partial charge is 0.215 e. The summed E-state index contributed by atoms with van der Waals surface area (Å²) in [5, 5.41) is 2.88. The van der Waals surface area contributed by atoms with Gasteiger partial charge in [0.05, 0.1) is 4.47 Å². The van der Waals surface area contributed by atoms with Gasteiger partial charge in [-0.3, -0.25) is 5.43 Å². The molecule has 2 aromatic rings. The van der Waals surface area contributed by atoms with Crippen LogP contribution in [0.25, 0.3) is 0 Å². The molecule has 0 amide bonds. The van der Waals surface area contributed by atoms with Crippen LogP contribution in [0.3, 0.4) is 0 Å². The Kier molecular flexibility index (Phi) is 4.65. The van der Waals surface area contributed by atoms with Crippen molar-refractivity contribution in [2.45, 2.75) is 0 Å². The highest BCUT2D eigenvalue weighted by atomic mass is 79.9. The predicted molar refractivity (Wildman–Crippen MR) is 78.5 cm³/mol. The van der Waals surface area contributed by atoms with E-state index in [1.807, 2.05) is 18.2 Å². The number of halogens is 3. The third-order valence-corrected chi connectivity index (χ3v) is 3.00. The first-order chi connectivity index (χ1) is 9.60. The third-order valence-electron chi connectivity index (χ3n) is 2.40. The Morgan fingerprint density at radius 2 is 1.80 bits per heavy atom. The fraction of sp³-hybridized carbons (Fsp3) is 0. The summed E-state index contributed by atoms with van der Waals surface area (Å²) in [5.41, 5.74) is 3.00. The number of benzene rings is 2. The monoisotopic (exact) mass is 340 g/mol. The molecule has 0 aliphatic rings. The van der Waals surface area contributed by atoms with Crippen LogP contribution in [-0.4, -0.2) is 5.96 Å². The molecular formula is C13H11BrF2N4. The van der Waals surface area contributed by atoms with Crippen molar-refractivity contribution in [3.05, 3.63) is 58.6 Å². The molecule has 0 aromatic heterocycles. The lowest BCUT2D eigenvalue weighted by Gasteiger charge is -2.09. The summed E-state index contributed by atoms with van der Waals surface area (Å²) < 4.78 is 26.9. The first kappa shape index (κ1) is 14.4. The number of rotatable bonds is 2. The topological polar surface area (TPSA) is 62.4 Å². The summed E-state index contributed by atoms with van der Waals surface area (Å²) in [7, 11) is 0. The molecule has 0 saturated heterocycles. The molecule has 0 radical (unpaired) electrons. The van der Waals surface area contributed by atoms with E-state index in [-0.39, 0.29) is 16.1 Å². The zero-order valence-corrected chi connectivity index (χ0v) is 11.8. The molecule has 2 rings (SSSR count). The van der Waals surface area contributed by atoms with Gasteiger partial charge < -0.3 is 5.32 Å². The minimum Gasteiger partial charge on any atom is -0.325 e. The van der Waals surface area contributed by atoms with Crippen LogP contribution in [0, 0.1) is 11.6 Å². The Hall–Kier alpha value is -1.99. The Morgan fingerprint density at radius 3 is 2.45 bits per heavy atom. The van der Waals surface area contributed by atoms with E-state index in [0.717, 1.165) is 11.8 Å². The molecule has 0 fully saturated rings. The molecule has 0 unspecified atom stereocenters. The maximum Gasteiger partial charge on any atom is 0.215 e. The molecule has 4 N–H and O–H groups in total. The number of anilines is 1. The second-order valence-corrected chi connectivity index (χ2v) is 4.67. The summed E-state index contributed by atoms with van der Waals surface area (Å²) in [4.78, 5) is 3.97. The van der Waals surface area contributed by atoms with Gasteiger partial charge in [0.25, 0.3) is 0 Å². The van der Waals surface area contributed by atoms with Crippen molar-refractivity contribution in [3.8, 4) is 0 Å². The van der Waals surface area contributed by atoms with Gasteiger partial charge in [0, 0.05) is 11.8 Å². The van der Waals surface area contributed by atoms with Gasteiger partial charge in [0.15, 0.2) is 5.82 Å². The van der Waals surface area contributed by atoms with Gasteiger partial charge >= 0.3 is 0 Å². The second-order valence-electron chi connectivity index (χ2n) is 3.81. The van der Waals surface area contributed by atoms with E-state index in [9.17, 15) is 8.78 Å². The summed E-state index contributed by atoms with van der Waals surface area (Å²) in [5.74, 6) is 3.99. The van der Waals surface area contributed by atoms with Crippen LogP contribution < -0.4 is 16.6 Å². The van der Waals surface area contributed by atoms with Gasteiger partial charge in [0.1, 0.15) is 11.5 Å². The predicted octanol–water partition coefficient (Wildman–Crippen LogP) is 3.29. The van der Waals surface area contributed by atoms with Crippen molar-refractivity contribution in [2.75, 3.05) is 5.32 Å². The fourth-order valence-corrected chi connectivity index (χ4v) is 1.80. The average Bonchev–Trinajstić information content (AvgIpc) is 2.45. The number of hydrogen-bond acceptors (Lipinski definition) is 2. The standard InChI is InChI=1S/C13H11BrF2N4/c14-9-6-12(11(16)7-10(9)15)19-13(20-17)18-8-4-2-1-3-5-8/h1-7H,17H2,(H2,18,19,20). The van der Waals surface area contributed by atoms with Crippen molar-refractivity contribution in [1.82, 2.24) is 5.43 Å². The highest BCUT2D eigenvalue weighted by Crippen LogP contribution is 2.25. The molecule has 0 atom stereocenters. The van der Waals surface area contributed by atoms with Crippen LogP contribution in [0.2, 0.25) is 0 Å². The van der Waals surface area contributed by atoms with Gasteiger partial charge in [-0.2, -0.15) is 0 Å². The molecular weight excluding hydrogens is 330 g/mol. The van der Waals surface area contributed by atoms with E-state index in [2.05, 4.69) is 31.7 Å². The maximum atomic E-state index is 13.6. The number of aliphatic imine (C=N–C) groups is 1. The lowest BCUT2D eigenvalue weighted by atomic mass is 10.3. The largest absolute Gasteiger partial charge is 0.325 e. The summed E-state index contributed by atoms with van der Waals surface area (Å²) in [6, 6.07) is 11.1. The molecule has 0 saturated carbocycles. The van der Waals surface area contributed by atoms with Crippen LogP contribution in [0.5, 0.6) is 0 Å². The number of nitrogens with two attached hydrogens (primary N) is 1. The van der Waals surface area contributed by atoms with Gasteiger partial charge in [-0.1, -0.05) is 18.2 Å². The number of nitrogens with one attached hydrogen (secondary N) is 2. The molecule has 0 spiro atoms. The van der Waals surface area contributed by atoms with Crippen molar-refractivity contribution >= 4 is 33.3 Å². The number of para-hydroxylation sites is 1. The summed E-state index contributed by atoms with van der Waals surface area (Å²) in [6.07, 6.45) is 0. The summed E-state index contributed by atoms with van der Waals surface area (Å²) in [6.45, 7) is 0. The van der Waals surface area contributed by atoms with Crippen molar-refractivity contribution < 1.29 is 8.78 Å². The SMILES string of the molecule is NNC(=Nc1cc(Br)c(F)cc1F)Nc1ccccc1. The zero-order valence-electron chi connectivity index (χ0n) is 10.2. The van der Waals surface area contributed by atoms with Crippen LogP contribution in [-0.2, 0) is 0 Å². The first-order valence-electron chi connectivity index (χ1n) is 5.62. The number of hydrazine groups is 1. The van der Waals surface area contributed by atoms with Gasteiger partial charge in [-0.05, 0) is 34.1 Å². The van der Waals surface area contributed by atoms with E-state index < -0.39 is 11.6 Å². The fourth-order valence-electron chi connectivity index (χ4n) is 1.47. The van der Waals surface area contributed by atoms with E-state index in [4.69, 9.17) is 5.84 Å². The Balaban J connectivity index is 2.29. The number of hydrogen-bond donors (Lipinski definition) is 3. The Morgan fingerprint density at radius 1 is 1.10 bits per heavy atom. The van der Waals surface area contributed by atoms with Crippen LogP contribution in [0.4, 0.5) is 20.2 Å². The van der Waals surface area contributed by atoms with Gasteiger partial charge in [0.2, 0.25) is 5.96 Å². The Bertz CT molecular complexity index is 632. The van der Waals surface area contributed by atoms with E-state index >= 15 is 0 Å². The molecule has 104 valence electrons. The quantitative estimate of drug-likeness (QED) is 0.258. The molecule has 2 aromatic carbocycles. The van der Waals surface area contributed by atoms with Crippen molar-refractivity contribution in [2.24, 2.45) is 10.8 Å².